The Morgan fingerprint density at radius 3 is 2.70 bits per heavy atom. The minimum atomic E-state index is -0.0961. The van der Waals surface area contributed by atoms with Gasteiger partial charge in [0.15, 0.2) is 0 Å². The number of thiazole rings is 1. The first kappa shape index (κ1) is 14.7. The van der Waals surface area contributed by atoms with Gasteiger partial charge < -0.3 is 5.32 Å². The minimum absolute atomic E-state index is 0.0840. The van der Waals surface area contributed by atoms with Crippen molar-refractivity contribution in [3.05, 3.63) is 52.5 Å². The van der Waals surface area contributed by atoms with Crippen LogP contribution in [0.4, 0.5) is 0 Å². The molecule has 0 saturated carbocycles. The van der Waals surface area contributed by atoms with Gasteiger partial charge >= 0.3 is 0 Å². The van der Waals surface area contributed by atoms with Gasteiger partial charge in [0.1, 0.15) is 5.01 Å². The number of hydrogen-bond donors (Lipinski definition) is 1. The zero-order valence-corrected chi connectivity index (χ0v) is 12.7. The lowest BCUT2D eigenvalue weighted by Crippen LogP contribution is -2.32. The Labute approximate surface area is 124 Å². The molecule has 20 heavy (non-hydrogen) atoms. The fourth-order valence-corrected chi connectivity index (χ4v) is 2.80. The van der Waals surface area contributed by atoms with Crippen LogP contribution in [0.1, 0.15) is 36.8 Å². The standard InChI is InChI=1S/C16H20N2OS/c1-3-12(2)15(13-7-5-4-6-8-13)16(19)18-11-14-17-9-10-20-14/h4-10,12,15H,3,11H2,1-2H3,(H,18,19)/t12-,15+/m1/s1. The number of aromatic nitrogens is 1. The van der Waals surface area contributed by atoms with Gasteiger partial charge in [-0.05, 0) is 11.5 Å². The summed E-state index contributed by atoms with van der Waals surface area (Å²) in [7, 11) is 0. The highest BCUT2D eigenvalue weighted by atomic mass is 32.1. The van der Waals surface area contributed by atoms with Crippen molar-refractivity contribution in [1.29, 1.82) is 0 Å². The van der Waals surface area contributed by atoms with Gasteiger partial charge in [0.05, 0.1) is 12.5 Å². The number of carbonyl (C=O) groups is 1. The average Bonchev–Trinajstić information content (AvgIpc) is 2.99. The maximum absolute atomic E-state index is 12.5. The third kappa shape index (κ3) is 3.67. The zero-order valence-electron chi connectivity index (χ0n) is 11.9. The molecule has 0 aliphatic heterocycles. The van der Waals surface area contributed by atoms with Crippen molar-refractivity contribution in [2.45, 2.75) is 32.7 Å². The van der Waals surface area contributed by atoms with Crippen molar-refractivity contribution in [3.8, 4) is 0 Å². The first-order valence-electron chi connectivity index (χ1n) is 6.93. The van der Waals surface area contributed by atoms with E-state index in [2.05, 4.69) is 24.1 Å². The van der Waals surface area contributed by atoms with E-state index in [4.69, 9.17) is 0 Å². The molecular weight excluding hydrogens is 268 g/mol. The van der Waals surface area contributed by atoms with Gasteiger partial charge in [0, 0.05) is 11.6 Å². The van der Waals surface area contributed by atoms with Gasteiger partial charge in [0.25, 0.3) is 0 Å². The van der Waals surface area contributed by atoms with Gasteiger partial charge in [-0.2, -0.15) is 0 Å². The number of rotatable bonds is 6. The average molecular weight is 288 g/mol. The Hall–Kier alpha value is -1.68. The summed E-state index contributed by atoms with van der Waals surface area (Å²) in [4.78, 5) is 16.7. The molecule has 0 aliphatic rings. The lowest BCUT2D eigenvalue weighted by molar-refractivity contribution is -0.123. The summed E-state index contributed by atoms with van der Waals surface area (Å²) in [5, 5.41) is 5.87. The van der Waals surface area contributed by atoms with E-state index < -0.39 is 0 Å². The molecule has 0 radical (unpaired) electrons. The van der Waals surface area contributed by atoms with Crippen LogP contribution in [0.3, 0.4) is 0 Å². The van der Waals surface area contributed by atoms with Crippen LogP contribution >= 0.6 is 11.3 Å². The topological polar surface area (TPSA) is 42.0 Å². The summed E-state index contributed by atoms with van der Waals surface area (Å²) in [6.45, 7) is 4.76. The van der Waals surface area contributed by atoms with E-state index in [1.165, 1.54) is 0 Å². The molecular formula is C16H20N2OS. The Morgan fingerprint density at radius 2 is 2.10 bits per heavy atom. The van der Waals surface area contributed by atoms with Gasteiger partial charge in [0.2, 0.25) is 5.91 Å². The summed E-state index contributed by atoms with van der Waals surface area (Å²) < 4.78 is 0. The highest BCUT2D eigenvalue weighted by molar-refractivity contribution is 7.09. The normalized spacial score (nSPS) is 13.7. The number of hydrogen-bond acceptors (Lipinski definition) is 3. The third-order valence-electron chi connectivity index (χ3n) is 3.55. The van der Waals surface area contributed by atoms with Crippen molar-refractivity contribution < 1.29 is 4.79 Å². The lowest BCUT2D eigenvalue weighted by atomic mass is 9.85. The Kier molecular flexibility index (Phi) is 5.30. The SMILES string of the molecule is CC[C@@H](C)[C@H](C(=O)NCc1nccs1)c1ccccc1. The molecule has 2 rings (SSSR count). The molecule has 1 aromatic heterocycles. The number of carbonyl (C=O) groups excluding carboxylic acids is 1. The Balaban J connectivity index is 2.08. The van der Waals surface area contributed by atoms with Crippen LogP contribution in [0, 0.1) is 5.92 Å². The quantitative estimate of drug-likeness (QED) is 0.882. The first-order valence-corrected chi connectivity index (χ1v) is 7.81. The van der Waals surface area contributed by atoms with Gasteiger partial charge in [-0.1, -0.05) is 50.6 Å². The fraction of sp³-hybridized carbons (Fsp3) is 0.375. The van der Waals surface area contributed by atoms with E-state index in [0.29, 0.717) is 12.5 Å². The summed E-state index contributed by atoms with van der Waals surface area (Å²) in [5.41, 5.74) is 1.08. The maximum Gasteiger partial charge on any atom is 0.228 e. The number of benzene rings is 1. The molecule has 2 aromatic rings. The molecule has 1 amide bonds. The fourth-order valence-electron chi connectivity index (χ4n) is 2.25. The maximum atomic E-state index is 12.5. The van der Waals surface area contributed by atoms with Crippen molar-refractivity contribution in [2.75, 3.05) is 0 Å². The van der Waals surface area contributed by atoms with Crippen molar-refractivity contribution in [3.63, 3.8) is 0 Å². The van der Waals surface area contributed by atoms with Crippen molar-refractivity contribution >= 4 is 17.2 Å². The lowest BCUT2D eigenvalue weighted by Gasteiger charge is -2.22. The molecule has 106 valence electrons. The monoisotopic (exact) mass is 288 g/mol. The molecule has 0 saturated heterocycles. The summed E-state index contributed by atoms with van der Waals surface area (Å²) in [6.07, 6.45) is 2.74. The third-order valence-corrected chi connectivity index (χ3v) is 4.33. The molecule has 0 bridgehead atoms. The van der Waals surface area contributed by atoms with Crippen LogP contribution in [0.5, 0.6) is 0 Å². The largest absolute Gasteiger partial charge is 0.349 e. The Bertz CT molecular complexity index is 525. The number of amides is 1. The van der Waals surface area contributed by atoms with Crippen LogP contribution in [0.15, 0.2) is 41.9 Å². The van der Waals surface area contributed by atoms with E-state index in [-0.39, 0.29) is 11.8 Å². The van der Waals surface area contributed by atoms with E-state index in [1.807, 2.05) is 35.7 Å². The van der Waals surface area contributed by atoms with E-state index >= 15 is 0 Å². The van der Waals surface area contributed by atoms with E-state index in [0.717, 1.165) is 17.0 Å². The predicted molar refractivity (Wildman–Crippen MR) is 82.6 cm³/mol. The molecule has 3 nitrogen and oxygen atoms in total. The van der Waals surface area contributed by atoms with Gasteiger partial charge in [-0.3, -0.25) is 4.79 Å². The van der Waals surface area contributed by atoms with Gasteiger partial charge in [-0.25, -0.2) is 4.98 Å². The molecule has 0 aliphatic carbocycles. The first-order chi connectivity index (χ1) is 9.72. The zero-order chi connectivity index (χ0) is 14.4. The second-order valence-corrected chi connectivity index (χ2v) is 5.90. The van der Waals surface area contributed by atoms with Crippen LogP contribution in [-0.4, -0.2) is 10.9 Å². The summed E-state index contributed by atoms with van der Waals surface area (Å²) in [6, 6.07) is 10.0. The summed E-state index contributed by atoms with van der Waals surface area (Å²) >= 11 is 1.56. The van der Waals surface area contributed by atoms with Gasteiger partial charge in [-0.15, -0.1) is 11.3 Å². The van der Waals surface area contributed by atoms with Crippen LogP contribution in [0.25, 0.3) is 0 Å². The second kappa shape index (κ2) is 7.20. The molecule has 0 unspecified atom stereocenters. The van der Waals surface area contributed by atoms with Crippen LogP contribution in [0.2, 0.25) is 0 Å². The second-order valence-electron chi connectivity index (χ2n) is 4.92. The van der Waals surface area contributed by atoms with Crippen LogP contribution < -0.4 is 5.32 Å². The number of nitrogens with zero attached hydrogens (tertiary/aromatic N) is 1. The molecule has 4 heteroatoms. The van der Waals surface area contributed by atoms with Crippen molar-refractivity contribution in [1.82, 2.24) is 10.3 Å². The molecule has 1 heterocycles. The smallest absolute Gasteiger partial charge is 0.228 e. The number of nitrogens with one attached hydrogen (secondary N) is 1. The predicted octanol–water partition coefficient (Wildman–Crippen LogP) is 3.59. The minimum Gasteiger partial charge on any atom is -0.349 e. The van der Waals surface area contributed by atoms with E-state index in [1.54, 1.807) is 17.5 Å². The molecule has 1 N–H and O–H groups in total. The Morgan fingerprint density at radius 1 is 1.35 bits per heavy atom. The molecule has 0 fully saturated rings. The highest BCUT2D eigenvalue weighted by Gasteiger charge is 2.25. The highest BCUT2D eigenvalue weighted by Crippen LogP contribution is 2.27. The van der Waals surface area contributed by atoms with E-state index in [9.17, 15) is 4.79 Å². The van der Waals surface area contributed by atoms with Crippen LogP contribution in [-0.2, 0) is 11.3 Å². The molecule has 2 atom stereocenters. The molecule has 0 spiro atoms. The van der Waals surface area contributed by atoms with Crippen molar-refractivity contribution in [2.24, 2.45) is 5.92 Å². The summed E-state index contributed by atoms with van der Waals surface area (Å²) in [5.74, 6) is 0.301. The molecule has 1 aromatic carbocycles.